The lowest BCUT2D eigenvalue weighted by Gasteiger charge is -2.21. The van der Waals surface area contributed by atoms with E-state index in [9.17, 15) is 18.7 Å². The SMILES string of the molecule is COC(=O)c1cc(P(=O)(OC)OC)c(C(=O)OC)cc1P(=O)(OC)OC. The third-order valence-electron chi connectivity index (χ3n) is 3.48. The second kappa shape index (κ2) is 8.90. The van der Waals surface area contributed by atoms with Gasteiger partial charge >= 0.3 is 27.1 Å². The first-order valence-corrected chi connectivity index (χ1v) is 10.0. The molecule has 0 aliphatic heterocycles. The molecule has 0 saturated heterocycles. The van der Waals surface area contributed by atoms with E-state index in [2.05, 4.69) is 9.47 Å². The maximum absolute atomic E-state index is 12.8. The molecule has 0 aliphatic rings. The standard InChI is InChI=1S/C14H20O10P2/c1-19-13(15)9-7-12(26(18,23-5)24-6)10(14(16)20-2)8-11(9)25(17,21-3)22-4/h7-8H,1-6H3. The van der Waals surface area contributed by atoms with Gasteiger partial charge < -0.3 is 27.6 Å². The highest BCUT2D eigenvalue weighted by molar-refractivity contribution is 7.63. The third-order valence-corrected chi connectivity index (χ3v) is 7.32. The molecule has 0 unspecified atom stereocenters. The van der Waals surface area contributed by atoms with Crippen LogP contribution in [0.1, 0.15) is 20.7 Å². The second-order valence-corrected chi connectivity index (χ2v) is 9.01. The fraction of sp³-hybridized carbons (Fsp3) is 0.429. The zero-order valence-corrected chi connectivity index (χ0v) is 16.9. The Kier molecular flexibility index (Phi) is 7.70. The summed E-state index contributed by atoms with van der Waals surface area (Å²) in [5.41, 5.74) is -0.590. The topological polar surface area (TPSA) is 124 Å². The van der Waals surface area contributed by atoms with Crippen molar-refractivity contribution in [1.82, 2.24) is 0 Å². The maximum Gasteiger partial charge on any atom is 0.361 e. The monoisotopic (exact) mass is 410 g/mol. The number of carbonyl (C=O) groups excluding carboxylic acids is 2. The van der Waals surface area contributed by atoms with Crippen LogP contribution < -0.4 is 10.6 Å². The van der Waals surface area contributed by atoms with E-state index in [1.54, 1.807) is 0 Å². The lowest BCUT2D eigenvalue weighted by molar-refractivity contribution is 0.0588. The summed E-state index contributed by atoms with van der Waals surface area (Å²) < 4.78 is 54.6. The van der Waals surface area contributed by atoms with Gasteiger partial charge in [-0.3, -0.25) is 9.13 Å². The fourth-order valence-corrected chi connectivity index (χ4v) is 4.68. The molecule has 1 aromatic rings. The van der Waals surface area contributed by atoms with E-state index < -0.39 is 27.1 Å². The maximum atomic E-state index is 12.8. The lowest BCUT2D eigenvalue weighted by Crippen LogP contribution is -2.28. The number of rotatable bonds is 8. The second-order valence-electron chi connectivity index (χ2n) is 4.59. The van der Waals surface area contributed by atoms with Crippen molar-refractivity contribution in [2.75, 3.05) is 42.7 Å². The summed E-state index contributed by atoms with van der Waals surface area (Å²) in [5, 5.41) is -0.533. The van der Waals surface area contributed by atoms with Crippen molar-refractivity contribution in [2.45, 2.75) is 0 Å². The minimum absolute atomic E-state index is 0.266. The van der Waals surface area contributed by atoms with Crippen molar-refractivity contribution in [1.29, 1.82) is 0 Å². The molecule has 0 bridgehead atoms. The van der Waals surface area contributed by atoms with Crippen molar-refractivity contribution >= 4 is 37.7 Å². The van der Waals surface area contributed by atoms with Crippen LogP contribution in [0.4, 0.5) is 0 Å². The van der Waals surface area contributed by atoms with Gasteiger partial charge in [0, 0.05) is 28.4 Å². The fourth-order valence-electron chi connectivity index (χ4n) is 2.12. The summed E-state index contributed by atoms with van der Waals surface area (Å²) in [7, 11) is -1.37. The molecule has 146 valence electrons. The molecule has 10 nitrogen and oxygen atoms in total. The summed E-state index contributed by atoms with van der Waals surface area (Å²) in [5.74, 6) is -1.85. The highest BCUT2D eigenvalue weighted by Gasteiger charge is 2.38. The van der Waals surface area contributed by atoms with Gasteiger partial charge in [-0.2, -0.15) is 0 Å². The number of esters is 2. The van der Waals surface area contributed by atoms with E-state index in [1.807, 2.05) is 0 Å². The van der Waals surface area contributed by atoms with Gasteiger partial charge in [-0.05, 0) is 12.1 Å². The van der Waals surface area contributed by atoms with Gasteiger partial charge in [-0.15, -0.1) is 0 Å². The first kappa shape index (κ1) is 22.5. The van der Waals surface area contributed by atoms with Crippen molar-refractivity contribution in [3.8, 4) is 0 Å². The molecule has 0 spiro atoms. The minimum Gasteiger partial charge on any atom is -0.465 e. The number of hydrogen-bond donors (Lipinski definition) is 0. The summed E-state index contributed by atoms with van der Waals surface area (Å²) >= 11 is 0. The van der Waals surface area contributed by atoms with E-state index in [1.165, 1.54) is 0 Å². The van der Waals surface area contributed by atoms with E-state index in [-0.39, 0.29) is 21.7 Å². The molecule has 0 aromatic heterocycles. The van der Waals surface area contributed by atoms with E-state index in [0.29, 0.717) is 0 Å². The number of methoxy groups -OCH3 is 2. The minimum atomic E-state index is -3.98. The van der Waals surface area contributed by atoms with Gasteiger partial charge in [0.1, 0.15) is 0 Å². The Labute approximate surface area is 150 Å². The van der Waals surface area contributed by atoms with Crippen molar-refractivity contribution in [2.24, 2.45) is 0 Å². The van der Waals surface area contributed by atoms with Gasteiger partial charge in [0.2, 0.25) is 0 Å². The molecule has 0 aliphatic carbocycles. The molecule has 0 atom stereocenters. The molecule has 0 amide bonds. The molecular weight excluding hydrogens is 390 g/mol. The quantitative estimate of drug-likeness (QED) is 0.460. The zero-order valence-electron chi connectivity index (χ0n) is 15.1. The van der Waals surface area contributed by atoms with Gasteiger partial charge in [-0.1, -0.05) is 0 Å². The molecule has 0 radical (unpaired) electrons. The summed E-state index contributed by atoms with van der Waals surface area (Å²) in [6.07, 6.45) is 0. The molecule has 26 heavy (non-hydrogen) atoms. The molecule has 0 heterocycles. The molecule has 0 fully saturated rings. The molecule has 1 rings (SSSR count). The Balaban J connectivity index is 4.01. The zero-order chi connectivity index (χ0) is 20.1. The van der Waals surface area contributed by atoms with Gasteiger partial charge in [0.25, 0.3) is 0 Å². The molecule has 0 saturated carbocycles. The highest BCUT2D eigenvalue weighted by Crippen LogP contribution is 2.49. The largest absolute Gasteiger partial charge is 0.465 e. The van der Waals surface area contributed by atoms with Crippen molar-refractivity contribution < 1.29 is 46.3 Å². The number of hydrogen-bond acceptors (Lipinski definition) is 10. The van der Waals surface area contributed by atoms with Gasteiger partial charge in [0.05, 0.1) is 36.0 Å². The summed E-state index contributed by atoms with van der Waals surface area (Å²) in [6, 6.07) is 2.04. The predicted octanol–water partition coefficient (Wildman–Crippen LogP) is 1.48. The molecule has 1 aromatic carbocycles. The summed E-state index contributed by atoms with van der Waals surface area (Å²) in [6.45, 7) is 0. The highest BCUT2D eigenvalue weighted by atomic mass is 31.2. The Morgan fingerprint density at radius 2 is 0.923 bits per heavy atom. The van der Waals surface area contributed by atoms with Crippen LogP contribution in [-0.4, -0.2) is 54.6 Å². The number of benzene rings is 1. The Hall–Kier alpha value is -1.54. The van der Waals surface area contributed by atoms with Crippen LogP contribution >= 0.6 is 15.2 Å². The normalized spacial score (nSPS) is 11.9. The molecule has 12 heteroatoms. The van der Waals surface area contributed by atoms with E-state index in [0.717, 1.165) is 54.8 Å². The Morgan fingerprint density at radius 3 is 1.12 bits per heavy atom. The number of carbonyl (C=O) groups is 2. The van der Waals surface area contributed by atoms with Gasteiger partial charge in [-0.25, -0.2) is 9.59 Å². The van der Waals surface area contributed by atoms with Crippen molar-refractivity contribution in [3.63, 3.8) is 0 Å². The first-order chi connectivity index (χ1) is 12.2. The average molecular weight is 410 g/mol. The van der Waals surface area contributed by atoms with Crippen LogP contribution in [0.25, 0.3) is 0 Å². The van der Waals surface area contributed by atoms with Crippen molar-refractivity contribution in [3.05, 3.63) is 23.3 Å². The Morgan fingerprint density at radius 1 is 0.654 bits per heavy atom. The smallest absolute Gasteiger partial charge is 0.361 e. The van der Waals surface area contributed by atoms with Crippen LogP contribution in [0, 0.1) is 0 Å². The van der Waals surface area contributed by atoms with E-state index in [4.69, 9.17) is 18.1 Å². The molecular formula is C14H20O10P2. The first-order valence-electron chi connectivity index (χ1n) is 6.96. The van der Waals surface area contributed by atoms with Gasteiger partial charge in [0.15, 0.2) is 0 Å². The average Bonchev–Trinajstić information content (AvgIpc) is 2.70. The predicted molar refractivity (Wildman–Crippen MR) is 91.6 cm³/mol. The Bertz CT molecular complexity index is 706. The number of ether oxygens (including phenoxy) is 2. The summed E-state index contributed by atoms with van der Waals surface area (Å²) in [4.78, 5) is 24.4. The lowest BCUT2D eigenvalue weighted by atomic mass is 10.1. The molecule has 0 N–H and O–H groups in total. The van der Waals surface area contributed by atoms with Crippen LogP contribution in [0.3, 0.4) is 0 Å². The van der Waals surface area contributed by atoms with Crippen LogP contribution in [-0.2, 0) is 36.7 Å². The van der Waals surface area contributed by atoms with Crippen LogP contribution in [0.5, 0.6) is 0 Å². The third kappa shape index (κ3) is 4.06. The van der Waals surface area contributed by atoms with Crippen LogP contribution in [0.2, 0.25) is 0 Å². The van der Waals surface area contributed by atoms with E-state index >= 15 is 0 Å². The van der Waals surface area contributed by atoms with Crippen LogP contribution in [0.15, 0.2) is 12.1 Å².